The van der Waals surface area contributed by atoms with E-state index in [1.165, 1.54) is 5.56 Å². The summed E-state index contributed by atoms with van der Waals surface area (Å²) in [7, 11) is 2.00. The van der Waals surface area contributed by atoms with Crippen molar-refractivity contribution in [1.29, 1.82) is 0 Å². The normalized spacial score (nSPS) is 12.3. The van der Waals surface area contributed by atoms with Gasteiger partial charge in [-0.3, -0.25) is 0 Å². The van der Waals surface area contributed by atoms with Crippen LogP contribution in [0.25, 0.3) is 11.4 Å². The molecule has 3 nitrogen and oxygen atoms in total. The summed E-state index contributed by atoms with van der Waals surface area (Å²) in [5.41, 5.74) is 3.41. The second-order valence-corrected chi connectivity index (χ2v) is 7.18. The molecule has 5 heteroatoms. The van der Waals surface area contributed by atoms with Crippen molar-refractivity contribution in [3.8, 4) is 11.4 Å². The van der Waals surface area contributed by atoms with Crippen molar-refractivity contribution in [3.63, 3.8) is 0 Å². The molecule has 23 heavy (non-hydrogen) atoms. The Bertz CT molecular complexity index is 829. The minimum atomic E-state index is 0.205. The van der Waals surface area contributed by atoms with Crippen LogP contribution in [0.2, 0.25) is 5.02 Å². The van der Waals surface area contributed by atoms with Gasteiger partial charge in [0.1, 0.15) is 0 Å². The molecule has 0 radical (unpaired) electrons. The van der Waals surface area contributed by atoms with E-state index in [9.17, 15) is 0 Å². The van der Waals surface area contributed by atoms with E-state index in [1.54, 1.807) is 11.8 Å². The van der Waals surface area contributed by atoms with Crippen molar-refractivity contribution in [2.45, 2.75) is 24.3 Å². The van der Waals surface area contributed by atoms with Gasteiger partial charge in [0.15, 0.2) is 11.0 Å². The van der Waals surface area contributed by atoms with Gasteiger partial charge in [-0.15, -0.1) is 10.2 Å². The molecule has 0 aliphatic heterocycles. The van der Waals surface area contributed by atoms with E-state index in [0.717, 1.165) is 27.1 Å². The zero-order valence-corrected chi connectivity index (χ0v) is 14.9. The predicted molar refractivity (Wildman–Crippen MR) is 96.9 cm³/mol. The maximum atomic E-state index is 6.29. The van der Waals surface area contributed by atoms with Gasteiger partial charge < -0.3 is 4.57 Å². The molecule has 0 saturated carbocycles. The summed E-state index contributed by atoms with van der Waals surface area (Å²) in [5, 5.41) is 10.6. The largest absolute Gasteiger partial charge is 0.305 e. The Labute approximate surface area is 145 Å². The molecular weight excluding hydrogens is 326 g/mol. The van der Waals surface area contributed by atoms with Crippen LogP contribution in [0.4, 0.5) is 0 Å². The third-order valence-corrected chi connectivity index (χ3v) is 5.36. The average molecular weight is 344 g/mol. The Morgan fingerprint density at radius 1 is 1.04 bits per heavy atom. The molecule has 0 aliphatic rings. The highest BCUT2D eigenvalue weighted by Gasteiger charge is 2.17. The van der Waals surface area contributed by atoms with Gasteiger partial charge in [-0.2, -0.15) is 0 Å². The highest BCUT2D eigenvalue weighted by atomic mass is 35.5. The van der Waals surface area contributed by atoms with Gasteiger partial charge in [0.05, 0.1) is 0 Å². The standard InChI is InChI=1S/C18H18ClN3S/c1-12-8-4-5-9-14(12)17-20-21-18(22(17)3)23-13(2)15-10-6-7-11-16(15)19/h4-11,13H,1-3H3/t13-/m0/s1. The van der Waals surface area contributed by atoms with E-state index in [4.69, 9.17) is 11.6 Å². The first kappa shape index (κ1) is 16.1. The van der Waals surface area contributed by atoms with Crippen LogP contribution >= 0.6 is 23.4 Å². The number of halogens is 1. The molecule has 0 N–H and O–H groups in total. The zero-order chi connectivity index (χ0) is 16.4. The lowest BCUT2D eigenvalue weighted by Crippen LogP contribution is -1.98. The van der Waals surface area contributed by atoms with Crippen LogP contribution in [0, 0.1) is 6.92 Å². The fraction of sp³-hybridized carbons (Fsp3) is 0.222. The first-order chi connectivity index (χ1) is 11.1. The highest BCUT2D eigenvalue weighted by Crippen LogP contribution is 2.37. The van der Waals surface area contributed by atoms with Crippen molar-refractivity contribution < 1.29 is 0 Å². The lowest BCUT2D eigenvalue weighted by atomic mass is 10.1. The lowest BCUT2D eigenvalue weighted by molar-refractivity contribution is 0.790. The first-order valence-electron chi connectivity index (χ1n) is 7.44. The van der Waals surface area contributed by atoms with Crippen molar-refractivity contribution in [2.75, 3.05) is 0 Å². The van der Waals surface area contributed by atoms with Crippen LogP contribution in [-0.4, -0.2) is 14.8 Å². The predicted octanol–water partition coefficient (Wildman–Crippen LogP) is 5.30. The molecule has 1 aromatic heterocycles. The lowest BCUT2D eigenvalue weighted by Gasteiger charge is -2.13. The summed E-state index contributed by atoms with van der Waals surface area (Å²) >= 11 is 7.95. The molecule has 3 aromatic rings. The van der Waals surface area contributed by atoms with Crippen molar-refractivity contribution in [3.05, 3.63) is 64.7 Å². The molecular formula is C18H18ClN3S. The number of nitrogens with zero attached hydrogens (tertiary/aromatic N) is 3. The van der Waals surface area contributed by atoms with E-state index >= 15 is 0 Å². The van der Waals surface area contributed by atoms with Crippen LogP contribution in [0.3, 0.4) is 0 Å². The molecule has 0 bridgehead atoms. The monoisotopic (exact) mass is 343 g/mol. The fourth-order valence-electron chi connectivity index (χ4n) is 2.50. The Balaban J connectivity index is 1.89. The summed E-state index contributed by atoms with van der Waals surface area (Å²) < 4.78 is 2.04. The van der Waals surface area contributed by atoms with E-state index in [2.05, 4.69) is 42.2 Å². The number of hydrogen-bond acceptors (Lipinski definition) is 3. The second-order valence-electron chi connectivity index (χ2n) is 5.46. The number of aryl methyl sites for hydroxylation is 1. The van der Waals surface area contributed by atoms with E-state index in [0.29, 0.717) is 0 Å². The summed E-state index contributed by atoms with van der Waals surface area (Å²) in [5.74, 6) is 0.886. The minimum Gasteiger partial charge on any atom is -0.305 e. The third kappa shape index (κ3) is 3.28. The Morgan fingerprint density at radius 3 is 2.48 bits per heavy atom. The second kappa shape index (κ2) is 6.77. The topological polar surface area (TPSA) is 30.7 Å². The summed E-state index contributed by atoms with van der Waals surface area (Å²) in [6.45, 7) is 4.22. The average Bonchev–Trinajstić information content (AvgIpc) is 2.89. The number of rotatable bonds is 4. The number of hydrogen-bond donors (Lipinski definition) is 0. The molecule has 0 spiro atoms. The van der Waals surface area contributed by atoms with Gasteiger partial charge in [-0.1, -0.05) is 65.8 Å². The van der Waals surface area contributed by atoms with Crippen LogP contribution in [0.1, 0.15) is 23.3 Å². The Morgan fingerprint density at radius 2 is 1.74 bits per heavy atom. The van der Waals surface area contributed by atoms with Gasteiger partial charge in [-0.25, -0.2) is 0 Å². The summed E-state index contributed by atoms with van der Waals surface area (Å²) in [4.78, 5) is 0. The van der Waals surface area contributed by atoms with E-state index in [1.807, 2.05) is 41.9 Å². The van der Waals surface area contributed by atoms with E-state index < -0.39 is 0 Å². The summed E-state index contributed by atoms with van der Waals surface area (Å²) in [6.07, 6.45) is 0. The molecule has 2 aromatic carbocycles. The molecule has 0 unspecified atom stereocenters. The van der Waals surface area contributed by atoms with Crippen LogP contribution < -0.4 is 0 Å². The maximum absolute atomic E-state index is 6.29. The molecule has 118 valence electrons. The van der Waals surface area contributed by atoms with E-state index in [-0.39, 0.29) is 5.25 Å². The van der Waals surface area contributed by atoms with Crippen LogP contribution in [0.5, 0.6) is 0 Å². The van der Waals surface area contributed by atoms with Crippen molar-refractivity contribution in [1.82, 2.24) is 14.8 Å². The Kier molecular flexibility index (Phi) is 4.74. The zero-order valence-electron chi connectivity index (χ0n) is 13.3. The Hall–Kier alpha value is -1.78. The van der Waals surface area contributed by atoms with Gasteiger partial charge >= 0.3 is 0 Å². The molecule has 1 heterocycles. The van der Waals surface area contributed by atoms with Crippen LogP contribution in [-0.2, 0) is 7.05 Å². The summed E-state index contributed by atoms with van der Waals surface area (Å²) in [6, 6.07) is 16.1. The highest BCUT2D eigenvalue weighted by molar-refractivity contribution is 7.99. The molecule has 0 aliphatic carbocycles. The van der Waals surface area contributed by atoms with Crippen molar-refractivity contribution in [2.24, 2.45) is 7.05 Å². The number of aromatic nitrogens is 3. The number of benzene rings is 2. The fourth-order valence-corrected chi connectivity index (χ4v) is 3.85. The molecule has 0 saturated heterocycles. The van der Waals surface area contributed by atoms with Gasteiger partial charge in [0.2, 0.25) is 0 Å². The first-order valence-corrected chi connectivity index (χ1v) is 8.70. The number of thioether (sulfide) groups is 1. The SMILES string of the molecule is Cc1ccccc1-c1nnc(S[C@@H](C)c2ccccc2Cl)n1C. The third-order valence-electron chi connectivity index (χ3n) is 3.85. The van der Waals surface area contributed by atoms with Crippen molar-refractivity contribution >= 4 is 23.4 Å². The molecule has 0 amide bonds. The molecule has 0 fully saturated rings. The van der Waals surface area contributed by atoms with Crippen LogP contribution in [0.15, 0.2) is 53.7 Å². The smallest absolute Gasteiger partial charge is 0.191 e. The van der Waals surface area contributed by atoms with Gasteiger partial charge in [0, 0.05) is 22.9 Å². The minimum absolute atomic E-state index is 0.205. The maximum Gasteiger partial charge on any atom is 0.191 e. The van der Waals surface area contributed by atoms with Gasteiger partial charge in [-0.05, 0) is 31.0 Å². The van der Waals surface area contributed by atoms with Gasteiger partial charge in [0.25, 0.3) is 0 Å². The molecule has 1 atom stereocenters. The molecule has 3 rings (SSSR count). The quantitative estimate of drug-likeness (QED) is 0.602.